The number of nitrogens with zero attached hydrogens (tertiary/aromatic N) is 2. The summed E-state index contributed by atoms with van der Waals surface area (Å²) in [5, 5.41) is 14.7. The molecule has 0 saturated carbocycles. The van der Waals surface area contributed by atoms with Gasteiger partial charge in [-0.2, -0.15) is 4.98 Å². The summed E-state index contributed by atoms with van der Waals surface area (Å²) in [5.41, 5.74) is 0.344. The predicted molar refractivity (Wildman–Crippen MR) is 71.8 cm³/mol. The van der Waals surface area contributed by atoms with Crippen LogP contribution in [0.25, 0.3) is 0 Å². The van der Waals surface area contributed by atoms with E-state index in [0.29, 0.717) is 11.5 Å². The molecule has 2 rings (SSSR count). The molecule has 7 heteroatoms. The molecule has 0 amide bonds. The summed E-state index contributed by atoms with van der Waals surface area (Å²) in [7, 11) is 0. The molecule has 20 heavy (non-hydrogen) atoms. The summed E-state index contributed by atoms with van der Waals surface area (Å²) in [5.74, 6) is -1.10. The monoisotopic (exact) mass is 280 g/mol. The molecule has 0 aliphatic carbocycles. The molecule has 2 aromatic rings. The summed E-state index contributed by atoms with van der Waals surface area (Å²) >= 11 is 0. The molecule has 0 aliphatic rings. The number of aliphatic hydroxyl groups is 1. The van der Waals surface area contributed by atoms with Gasteiger partial charge in [-0.1, -0.05) is 0 Å². The van der Waals surface area contributed by atoms with Crippen molar-refractivity contribution in [1.29, 1.82) is 0 Å². The molecule has 3 N–H and O–H groups in total. The molecule has 1 heterocycles. The zero-order chi connectivity index (χ0) is 14.5. The third kappa shape index (κ3) is 3.61. The van der Waals surface area contributed by atoms with E-state index in [-0.39, 0.29) is 18.6 Å². The van der Waals surface area contributed by atoms with Gasteiger partial charge >= 0.3 is 0 Å². The summed E-state index contributed by atoms with van der Waals surface area (Å²) in [4.78, 5) is 8.13. The van der Waals surface area contributed by atoms with Crippen LogP contribution >= 0.6 is 0 Å². The molecule has 106 valence electrons. The highest BCUT2D eigenvalue weighted by atomic mass is 19.2. The molecular formula is C13H14F2N4O. The van der Waals surface area contributed by atoms with Crippen molar-refractivity contribution in [2.24, 2.45) is 0 Å². The van der Waals surface area contributed by atoms with Crippen molar-refractivity contribution in [3.8, 4) is 0 Å². The van der Waals surface area contributed by atoms with Crippen LogP contribution in [0.4, 0.5) is 26.2 Å². The third-order valence-electron chi connectivity index (χ3n) is 2.50. The standard InChI is InChI=1S/C13H14F2N4O/c1-8(7-20)17-12-4-5-16-13(19-12)18-9-2-3-10(14)11(15)6-9/h2-6,8,20H,7H2,1H3,(H2,16,17,18,19)/t8-/m1/s1. The van der Waals surface area contributed by atoms with Crippen molar-refractivity contribution in [1.82, 2.24) is 9.97 Å². The molecule has 0 bridgehead atoms. The van der Waals surface area contributed by atoms with E-state index in [0.717, 1.165) is 12.1 Å². The van der Waals surface area contributed by atoms with E-state index < -0.39 is 11.6 Å². The van der Waals surface area contributed by atoms with E-state index in [2.05, 4.69) is 20.6 Å². The minimum absolute atomic E-state index is 0.0318. The van der Waals surface area contributed by atoms with Gasteiger partial charge < -0.3 is 15.7 Å². The molecule has 0 aliphatic heterocycles. The van der Waals surface area contributed by atoms with Gasteiger partial charge in [0.1, 0.15) is 5.82 Å². The second kappa shape index (κ2) is 6.25. The van der Waals surface area contributed by atoms with Gasteiger partial charge in [0.25, 0.3) is 0 Å². The fraction of sp³-hybridized carbons (Fsp3) is 0.231. The van der Waals surface area contributed by atoms with E-state index in [1.165, 1.54) is 12.3 Å². The number of hydrogen-bond donors (Lipinski definition) is 3. The number of aromatic nitrogens is 2. The van der Waals surface area contributed by atoms with E-state index in [4.69, 9.17) is 5.11 Å². The lowest BCUT2D eigenvalue weighted by Gasteiger charge is -2.12. The van der Waals surface area contributed by atoms with Crippen molar-refractivity contribution < 1.29 is 13.9 Å². The molecule has 5 nitrogen and oxygen atoms in total. The first-order valence-corrected chi connectivity index (χ1v) is 6.01. The van der Waals surface area contributed by atoms with E-state index in [9.17, 15) is 8.78 Å². The first kappa shape index (κ1) is 14.1. The van der Waals surface area contributed by atoms with Crippen LogP contribution in [0.3, 0.4) is 0 Å². The van der Waals surface area contributed by atoms with Gasteiger partial charge in [0.15, 0.2) is 11.6 Å². The van der Waals surface area contributed by atoms with Crippen LogP contribution in [0.1, 0.15) is 6.92 Å². The average Bonchev–Trinajstić information content (AvgIpc) is 2.43. The van der Waals surface area contributed by atoms with Crippen molar-refractivity contribution in [3.63, 3.8) is 0 Å². The van der Waals surface area contributed by atoms with E-state index >= 15 is 0 Å². The molecule has 1 aromatic heterocycles. The molecule has 0 spiro atoms. The van der Waals surface area contributed by atoms with Crippen LogP contribution in [0.15, 0.2) is 30.5 Å². The largest absolute Gasteiger partial charge is 0.394 e. The first-order chi connectivity index (χ1) is 9.58. The number of aliphatic hydroxyl groups excluding tert-OH is 1. The summed E-state index contributed by atoms with van der Waals surface area (Å²) < 4.78 is 25.9. The predicted octanol–water partition coefficient (Wildman–Crippen LogP) is 2.29. The fourth-order valence-electron chi connectivity index (χ4n) is 1.50. The zero-order valence-electron chi connectivity index (χ0n) is 10.8. The maximum Gasteiger partial charge on any atom is 0.229 e. The van der Waals surface area contributed by atoms with Gasteiger partial charge in [-0.15, -0.1) is 0 Å². The van der Waals surface area contributed by atoms with Crippen LogP contribution in [0, 0.1) is 11.6 Å². The topological polar surface area (TPSA) is 70.1 Å². The Labute approximate surface area is 114 Å². The third-order valence-corrected chi connectivity index (χ3v) is 2.50. The molecule has 0 fully saturated rings. The van der Waals surface area contributed by atoms with E-state index in [1.807, 2.05) is 0 Å². The quantitative estimate of drug-likeness (QED) is 0.784. The number of rotatable bonds is 5. The summed E-state index contributed by atoms with van der Waals surface area (Å²) in [6.07, 6.45) is 1.52. The lowest BCUT2D eigenvalue weighted by atomic mass is 10.3. The van der Waals surface area contributed by atoms with Gasteiger partial charge in [0.05, 0.1) is 6.61 Å². The smallest absolute Gasteiger partial charge is 0.229 e. The van der Waals surface area contributed by atoms with Crippen LogP contribution in [0.2, 0.25) is 0 Å². The van der Waals surface area contributed by atoms with Crippen LogP contribution in [-0.2, 0) is 0 Å². The van der Waals surface area contributed by atoms with Crippen molar-refractivity contribution in [3.05, 3.63) is 42.1 Å². The Morgan fingerprint density at radius 2 is 2.05 bits per heavy atom. The van der Waals surface area contributed by atoms with Crippen molar-refractivity contribution in [2.75, 3.05) is 17.2 Å². The average molecular weight is 280 g/mol. The van der Waals surface area contributed by atoms with Crippen LogP contribution in [0.5, 0.6) is 0 Å². The molecule has 0 unspecified atom stereocenters. The highest BCUT2D eigenvalue weighted by Gasteiger charge is 2.06. The number of anilines is 3. The lowest BCUT2D eigenvalue weighted by Crippen LogP contribution is -2.20. The lowest BCUT2D eigenvalue weighted by molar-refractivity contribution is 0.281. The number of halogens is 2. The van der Waals surface area contributed by atoms with Gasteiger partial charge in [-0.05, 0) is 25.1 Å². The molecule has 1 aromatic carbocycles. The Morgan fingerprint density at radius 1 is 1.25 bits per heavy atom. The van der Waals surface area contributed by atoms with Gasteiger partial charge in [0, 0.05) is 24.0 Å². The second-order valence-corrected chi connectivity index (χ2v) is 4.25. The minimum Gasteiger partial charge on any atom is -0.394 e. The fourth-order valence-corrected chi connectivity index (χ4v) is 1.50. The Balaban J connectivity index is 2.12. The van der Waals surface area contributed by atoms with Gasteiger partial charge in [-0.25, -0.2) is 13.8 Å². The maximum atomic E-state index is 13.1. The molecular weight excluding hydrogens is 266 g/mol. The zero-order valence-corrected chi connectivity index (χ0v) is 10.8. The van der Waals surface area contributed by atoms with Crippen LogP contribution < -0.4 is 10.6 Å². The Bertz CT molecular complexity index is 594. The maximum absolute atomic E-state index is 13.1. The van der Waals surface area contributed by atoms with Crippen LogP contribution in [-0.4, -0.2) is 27.7 Å². The number of nitrogens with one attached hydrogen (secondary N) is 2. The Morgan fingerprint density at radius 3 is 2.75 bits per heavy atom. The number of hydrogen-bond acceptors (Lipinski definition) is 5. The normalized spacial score (nSPS) is 12.0. The summed E-state index contributed by atoms with van der Waals surface area (Å²) in [6, 6.07) is 4.92. The van der Waals surface area contributed by atoms with Crippen molar-refractivity contribution >= 4 is 17.5 Å². The number of benzene rings is 1. The summed E-state index contributed by atoms with van der Waals surface area (Å²) in [6.45, 7) is 1.76. The Kier molecular flexibility index (Phi) is 4.41. The van der Waals surface area contributed by atoms with Gasteiger partial charge in [-0.3, -0.25) is 0 Å². The SMILES string of the molecule is C[C@H](CO)Nc1ccnc(Nc2ccc(F)c(F)c2)n1. The molecule has 0 saturated heterocycles. The second-order valence-electron chi connectivity index (χ2n) is 4.25. The van der Waals surface area contributed by atoms with E-state index in [1.54, 1.807) is 13.0 Å². The minimum atomic E-state index is -0.946. The molecule has 0 radical (unpaired) electrons. The first-order valence-electron chi connectivity index (χ1n) is 6.01. The highest BCUT2D eigenvalue weighted by Crippen LogP contribution is 2.17. The molecule has 1 atom stereocenters. The Hall–Kier alpha value is -2.28. The van der Waals surface area contributed by atoms with Crippen molar-refractivity contribution in [2.45, 2.75) is 13.0 Å². The van der Waals surface area contributed by atoms with Gasteiger partial charge in [0.2, 0.25) is 5.95 Å². The highest BCUT2D eigenvalue weighted by molar-refractivity contribution is 5.54.